The molecule has 7 nitrogen and oxygen atoms in total. The molecule has 26 heavy (non-hydrogen) atoms. The van der Waals surface area contributed by atoms with E-state index in [1.165, 1.54) is 11.1 Å². The van der Waals surface area contributed by atoms with Gasteiger partial charge >= 0.3 is 0 Å². The molecule has 0 aliphatic carbocycles. The number of aromatic nitrogens is 6. The van der Waals surface area contributed by atoms with Crippen LogP contribution in [0.1, 0.15) is 28.3 Å². The first-order valence-electron chi connectivity index (χ1n) is 8.36. The normalized spacial score (nSPS) is 14.8. The number of benzene rings is 1. The van der Waals surface area contributed by atoms with Gasteiger partial charge in [-0.3, -0.25) is 0 Å². The lowest BCUT2D eigenvalue weighted by molar-refractivity contribution is 0.703. The van der Waals surface area contributed by atoms with E-state index in [9.17, 15) is 0 Å². The number of nitrogens with zero attached hydrogens (tertiary/aromatic N) is 7. The van der Waals surface area contributed by atoms with Crippen molar-refractivity contribution in [2.24, 2.45) is 0 Å². The molecule has 2 aromatic heterocycles. The molecule has 7 heteroatoms. The maximum Gasteiger partial charge on any atom is 0.289 e. The highest BCUT2D eigenvalue weighted by molar-refractivity contribution is 5.79. The molecule has 0 saturated heterocycles. The number of aryl methyl sites for hydroxylation is 3. The largest absolute Gasteiger partial charge is 0.344 e. The Kier molecular flexibility index (Phi) is 3.84. The maximum absolute atomic E-state index is 4.35. The van der Waals surface area contributed by atoms with Gasteiger partial charge in [0.25, 0.3) is 5.95 Å². The monoisotopic (exact) mass is 345 g/mol. The van der Waals surface area contributed by atoms with Gasteiger partial charge in [-0.25, -0.2) is 4.68 Å². The van der Waals surface area contributed by atoms with Crippen molar-refractivity contribution >= 4 is 17.8 Å². The predicted molar refractivity (Wildman–Crippen MR) is 101 cm³/mol. The van der Waals surface area contributed by atoms with Crippen LogP contribution in [-0.4, -0.2) is 37.2 Å². The molecule has 1 aliphatic rings. The van der Waals surface area contributed by atoms with E-state index >= 15 is 0 Å². The SMILES string of the molecule is Cc1ccc2c(c1)C=C/C(=C\c1nnc(-n3nc(C)cc3C)nn1)N2C. The van der Waals surface area contributed by atoms with Crippen molar-refractivity contribution in [2.75, 3.05) is 11.9 Å². The summed E-state index contributed by atoms with van der Waals surface area (Å²) in [6.07, 6.45) is 6.00. The summed E-state index contributed by atoms with van der Waals surface area (Å²) in [5, 5.41) is 21.0. The number of hydrogen-bond donors (Lipinski definition) is 0. The molecule has 0 atom stereocenters. The van der Waals surface area contributed by atoms with Crippen LogP contribution in [-0.2, 0) is 0 Å². The van der Waals surface area contributed by atoms with Crippen molar-refractivity contribution in [3.05, 3.63) is 64.4 Å². The molecule has 4 rings (SSSR count). The van der Waals surface area contributed by atoms with Crippen molar-refractivity contribution in [1.29, 1.82) is 0 Å². The van der Waals surface area contributed by atoms with Gasteiger partial charge in [0.15, 0.2) is 5.82 Å². The molecular weight excluding hydrogens is 326 g/mol. The lowest BCUT2D eigenvalue weighted by Crippen LogP contribution is -2.19. The van der Waals surface area contributed by atoms with Gasteiger partial charge in [-0.15, -0.1) is 20.4 Å². The van der Waals surface area contributed by atoms with Crippen molar-refractivity contribution in [3.63, 3.8) is 0 Å². The van der Waals surface area contributed by atoms with Gasteiger partial charge in [0.05, 0.1) is 5.69 Å². The third-order valence-corrected chi connectivity index (χ3v) is 4.33. The quantitative estimate of drug-likeness (QED) is 0.711. The first kappa shape index (κ1) is 16.1. The van der Waals surface area contributed by atoms with E-state index in [1.807, 2.05) is 39.1 Å². The van der Waals surface area contributed by atoms with Crippen molar-refractivity contribution < 1.29 is 0 Å². The Morgan fingerprint density at radius 2 is 1.69 bits per heavy atom. The average molecular weight is 345 g/mol. The van der Waals surface area contributed by atoms with Gasteiger partial charge in [-0.1, -0.05) is 17.7 Å². The van der Waals surface area contributed by atoms with Crippen LogP contribution < -0.4 is 4.90 Å². The van der Waals surface area contributed by atoms with Crippen LogP contribution in [0.25, 0.3) is 18.1 Å². The van der Waals surface area contributed by atoms with Gasteiger partial charge in [-0.05, 0) is 50.6 Å². The van der Waals surface area contributed by atoms with Gasteiger partial charge < -0.3 is 4.90 Å². The molecule has 1 aromatic carbocycles. The molecule has 0 amide bonds. The van der Waals surface area contributed by atoms with E-state index in [1.54, 1.807) is 4.68 Å². The van der Waals surface area contributed by atoms with Crippen LogP contribution in [0.5, 0.6) is 0 Å². The highest BCUT2D eigenvalue weighted by Crippen LogP contribution is 2.30. The second kappa shape index (κ2) is 6.18. The van der Waals surface area contributed by atoms with E-state index in [-0.39, 0.29) is 0 Å². The Morgan fingerprint density at radius 3 is 2.38 bits per heavy atom. The van der Waals surface area contributed by atoms with E-state index in [2.05, 4.69) is 61.6 Å². The summed E-state index contributed by atoms with van der Waals surface area (Å²) in [6, 6.07) is 8.35. The second-order valence-corrected chi connectivity index (χ2v) is 6.42. The first-order valence-corrected chi connectivity index (χ1v) is 8.36. The Balaban J connectivity index is 1.63. The standard InChI is InChI=1S/C19H19N7/c1-12-5-8-17-15(9-12)6-7-16(25(17)4)11-18-20-22-19(23-21-18)26-14(3)10-13(2)24-26/h5-11H,1-4H3/b16-11+. The van der Waals surface area contributed by atoms with E-state index in [0.717, 1.165) is 22.8 Å². The van der Waals surface area contributed by atoms with Crippen molar-refractivity contribution in [3.8, 4) is 5.95 Å². The minimum Gasteiger partial charge on any atom is -0.344 e. The van der Waals surface area contributed by atoms with E-state index in [4.69, 9.17) is 0 Å². The van der Waals surface area contributed by atoms with Gasteiger partial charge in [0.1, 0.15) is 0 Å². The summed E-state index contributed by atoms with van der Waals surface area (Å²) in [6.45, 7) is 5.96. The van der Waals surface area contributed by atoms with Crippen LogP contribution in [0.3, 0.4) is 0 Å². The molecule has 0 radical (unpaired) electrons. The topological polar surface area (TPSA) is 72.6 Å². The Morgan fingerprint density at radius 1 is 0.923 bits per heavy atom. The average Bonchev–Trinajstić information content (AvgIpc) is 2.96. The molecule has 3 aromatic rings. The lowest BCUT2D eigenvalue weighted by atomic mass is 10.0. The minimum absolute atomic E-state index is 0.367. The van der Waals surface area contributed by atoms with Gasteiger partial charge in [0.2, 0.25) is 0 Å². The lowest BCUT2D eigenvalue weighted by Gasteiger charge is -2.26. The molecule has 130 valence electrons. The molecule has 0 saturated carbocycles. The zero-order valence-electron chi connectivity index (χ0n) is 15.2. The fourth-order valence-corrected chi connectivity index (χ4v) is 3.02. The molecule has 0 N–H and O–H groups in total. The summed E-state index contributed by atoms with van der Waals surface area (Å²) in [4.78, 5) is 2.10. The fraction of sp³-hybridized carbons (Fsp3) is 0.211. The second-order valence-electron chi connectivity index (χ2n) is 6.42. The Labute approximate surface area is 151 Å². The smallest absolute Gasteiger partial charge is 0.289 e. The summed E-state index contributed by atoms with van der Waals surface area (Å²) < 4.78 is 1.64. The first-order chi connectivity index (χ1) is 12.5. The van der Waals surface area contributed by atoms with Gasteiger partial charge in [0, 0.05) is 30.2 Å². The maximum atomic E-state index is 4.35. The zero-order chi connectivity index (χ0) is 18.3. The molecule has 0 bridgehead atoms. The van der Waals surface area contributed by atoms with Crippen molar-refractivity contribution in [1.82, 2.24) is 30.2 Å². The summed E-state index contributed by atoms with van der Waals surface area (Å²) in [7, 11) is 2.02. The summed E-state index contributed by atoms with van der Waals surface area (Å²) in [5.41, 5.74) is 6.40. The molecule has 3 heterocycles. The Bertz CT molecular complexity index is 1030. The highest BCUT2D eigenvalue weighted by Gasteiger charge is 2.14. The molecule has 1 aliphatic heterocycles. The number of anilines is 1. The van der Waals surface area contributed by atoms with Crippen LogP contribution in [0.2, 0.25) is 0 Å². The third kappa shape index (κ3) is 2.88. The van der Waals surface area contributed by atoms with E-state index < -0.39 is 0 Å². The number of hydrogen-bond acceptors (Lipinski definition) is 6. The van der Waals surface area contributed by atoms with Crippen molar-refractivity contribution in [2.45, 2.75) is 20.8 Å². The van der Waals surface area contributed by atoms with E-state index in [0.29, 0.717) is 11.8 Å². The number of fused-ring (bicyclic) bond motifs is 1. The Hall–Kier alpha value is -3.35. The number of rotatable bonds is 2. The predicted octanol–water partition coefficient (Wildman–Crippen LogP) is 2.88. The molecule has 0 fully saturated rings. The zero-order valence-corrected chi connectivity index (χ0v) is 15.2. The molecular formula is C19H19N7. The van der Waals surface area contributed by atoms with Crippen LogP contribution in [0.15, 0.2) is 36.0 Å². The van der Waals surface area contributed by atoms with Gasteiger partial charge in [-0.2, -0.15) is 5.10 Å². The third-order valence-electron chi connectivity index (χ3n) is 4.33. The minimum atomic E-state index is 0.367. The summed E-state index contributed by atoms with van der Waals surface area (Å²) >= 11 is 0. The summed E-state index contributed by atoms with van der Waals surface area (Å²) in [5.74, 6) is 0.823. The number of allylic oxidation sites excluding steroid dienone is 1. The molecule has 0 spiro atoms. The fourth-order valence-electron chi connectivity index (χ4n) is 3.02. The highest BCUT2D eigenvalue weighted by atomic mass is 15.4. The van der Waals surface area contributed by atoms with Crippen LogP contribution >= 0.6 is 0 Å². The number of likely N-dealkylation sites (N-methyl/N-ethyl adjacent to an activating group) is 1. The van der Waals surface area contributed by atoms with Crippen LogP contribution in [0, 0.1) is 20.8 Å². The molecule has 0 unspecified atom stereocenters. The van der Waals surface area contributed by atoms with Crippen LogP contribution in [0.4, 0.5) is 5.69 Å².